The summed E-state index contributed by atoms with van der Waals surface area (Å²) >= 11 is 5.79. The number of hydrogen-bond donors (Lipinski definition) is 0. The molecule has 292 valence electrons. The van der Waals surface area contributed by atoms with Crippen LogP contribution < -0.4 is 40.2 Å². The van der Waals surface area contributed by atoms with Gasteiger partial charge in [-0.1, -0.05) is 0 Å². The van der Waals surface area contributed by atoms with Gasteiger partial charge in [-0.25, -0.2) is 0 Å². The number of ether oxygens (including phenoxy) is 4. The van der Waals surface area contributed by atoms with Gasteiger partial charge in [0.1, 0.15) is 0 Å². The van der Waals surface area contributed by atoms with Gasteiger partial charge in [0.05, 0.1) is 0 Å². The number of rotatable bonds is 4. The average molecular weight is 1010 g/mol. The number of benzene rings is 6. The molecule has 0 N–H and O–H groups in total. The van der Waals surface area contributed by atoms with Crippen molar-refractivity contribution in [1.29, 1.82) is 0 Å². The van der Waals surface area contributed by atoms with Crippen LogP contribution in [0.2, 0.25) is 0 Å². The van der Waals surface area contributed by atoms with Crippen LogP contribution in [0.3, 0.4) is 0 Å². The molecule has 56 heavy (non-hydrogen) atoms. The van der Waals surface area contributed by atoms with E-state index in [-0.39, 0.29) is 0 Å². The van der Waals surface area contributed by atoms with Gasteiger partial charge in [-0.15, -0.1) is 0 Å². The summed E-state index contributed by atoms with van der Waals surface area (Å²) in [6.45, 7) is 2.42. The van der Waals surface area contributed by atoms with Crippen LogP contribution in [0.5, 0.6) is 23.0 Å². The summed E-state index contributed by atoms with van der Waals surface area (Å²) in [6.07, 6.45) is 7.72. The second-order valence-corrected chi connectivity index (χ2v) is 38.0. The van der Waals surface area contributed by atoms with E-state index < -0.39 is 8.49 Å². The van der Waals surface area contributed by atoms with Crippen LogP contribution in [0.1, 0.15) is 25.7 Å². The Morgan fingerprint density at radius 3 is 0.696 bits per heavy atom. The van der Waals surface area contributed by atoms with Gasteiger partial charge in [0.2, 0.25) is 0 Å². The van der Waals surface area contributed by atoms with Gasteiger partial charge >= 0.3 is 362 Å². The monoisotopic (exact) mass is 1010 g/mol. The molecule has 7 rings (SSSR count). The van der Waals surface area contributed by atoms with E-state index >= 15 is 0 Å². The molecule has 0 saturated heterocycles. The van der Waals surface area contributed by atoms with Crippen molar-refractivity contribution in [3.63, 3.8) is 0 Å². The molecule has 6 aromatic rings. The Hall–Kier alpha value is -3.16. The topological polar surface area (TPSA) is 36.9 Å². The third-order valence-corrected chi connectivity index (χ3v) is 34.6. The fraction of sp³-hybridized carbons (Fsp3) is 0.250. The fourth-order valence-electron chi connectivity index (χ4n) is 8.32. The Labute approximate surface area is 359 Å². The number of halogens is 2. The molecule has 0 radical (unpaired) electrons. The third kappa shape index (κ3) is 8.94. The second kappa shape index (κ2) is 18.6. The quantitative estimate of drug-likeness (QED) is 0.130. The van der Waals surface area contributed by atoms with Crippen LogP contribution >= 0.6 is 52.6 Å². The van der Waals surface area contributed by atoms with Gasteiger partial charge in [-0.3, -0.25) is 0 Å². The van der Waals surface area contributed by atoms with Crippen molar-refractivity contribution < 1.29 is 18.9 Å². The van der Waals surface area contributed by atoms with E-state index in [1.54, 1.807) is 0 Å². The van der Waals surface area contributed by atoms with Gasteiger partial charge < -0.3 is 0 Å². The van der Waals surface area contributed by atoms with Crippen molar-refractivity contribution >= 4 is 73.8 Å². The summed E-state index contributed by atoms with van der Waals surface area (Å²) in [5, 5.41) is 5.69. The van der Waals surface area contributed by atoms with E-state index in [9.17, 15) is 0 Å². The van der Waals surface area contributed by atoms with E-state index in [2.05, 4.69) is 165 Å². The molecular formula is C48H52I2O4P2. The fourth-order valence-corrected chi connectivity index (χ4v) is 26.0. The Kier molecular flexibility index (Phi) is 13.6. The Balaban J connectivity index is 1.21. The van der Waals surface area contributed by atoms with Crippen molar-refractivity contribution in [1.82, 2.24) is 0 Å². The summed E-state index contributed by atoms with van der Waals surface area (Å²) in [6, 6.07) is 61.0. The van der Waals surface area contributed by atoms with Crippen molar-refractivity contribution in [3.8, 4) is 23.0 Å². The molecule has 0 spiro atoms. The molecular weight excluding hydrogens is 956 g/mol. The van der Waals surface area contributed by atoms with Crippen molar-refractivity contribution in [2.75, 3.05) is 51.1 Å². The molecule has 0 fully saturated rings. The molecule has 0 aromatic heterocycles. The molecule has 0 unspecified atom stereocenters. The summed E-state index contributed by atoms with van der Waals surface area (Å²) in [5.74, 6) is 3.24. The van der Waals surface area contributed by atoms with E-state index in [0.29, 0.717) is 26.4 Å². The first kappa shape index (κ1) is 41.0. The van der Waals surface area contributed by atoms with Gasteiger partial charge in [-0.2, -0.15) is 0 Å². The number of para-hydroxylation sites is 4. The maximum absolute atomic E-state index is 6.61. The molecule has 8 heteroatoms. The second-order valence-electron chi connectivity index (χ2n) is 14.7. The Morgan fingerprint density at radius 1 is 0.286 bits per heavy atom. The number of hydrogen-bond acceptors (Lipinski definition) is 4. The zero-order valence-electron chi connectivity index (χ0n) is 31.9. The third-order valence-electron chi connectivity index (χ3n) is 11.2. The molecule has 0 atom stereocenters. The van der Waals surface area contributed by atoms with Crippen molar-refractivity contribution in [3.05, 3.63) is 170 Å². The molecule has 6 aromatic carbocycles. The molecule has 1 aliphatic rings. The predicted octanol–water partition coefficient (Wildman–Crippen LogP) is 11.6. The van der Waals surface area contributed by atoms with E-state index in [1.807, 2.05) is 48.5 Å². The average Bonchev–Trinajstić information content (AvgIpc) is 3.26. The van der Waals surface area contributed by atoms with Crippen molar-refractivity contribution in [2.24, 2.45) is 0 Å². The number of fused-ring (bicyclic) bond motifs is 2. The molecule has 0 aliphatic carbocycles. The minimum atomic E-state index is -2.74. The maximum atomic E-state index is 6.61. The molecule has 0 saturated carbocycles. The molecule has 0 bridgehead atoms. The van der Waals surface area contributed by atoms with Crippen LogP contribution in [0.15, 0.2) is 170 Å². The summed E-state index contributed by atoms with van der Waals surface area (Å²) in [7, 11) is 0. The first-order valence-corrected chi connectivity index (χ1v) is 30.6. The van der Waals surface area contributed by atoms with Crippen LogP contribution in [-0.4, -0.2) is 51.1 Å². The van der Waals surface area contributed by atoms with E-state index in [4.69, 9.17) is 18.9 Å². The SMILES string of the molecule is IP1(c2ccccc2)(c2ccccc2)CCCOc2ccccc2OCCCP(I)(c2ccccc2)(c2ccccc2)CCCOc2ccccc2OCCC1. The Morgan fingerprint density at radius 2 is 0.482 bits per heavy atom. The van der Waals surface area contributed by atoms with E-state index in [0.717, 1.165) is 73.3 Å². The van der Waals surface area contributed by atoms with Gasteiger partial charge in [0.25, 0.3) is 0 Å². The summed E-state index contributed by atoms with van der Waals surface area (Å²) in [5.41, 5.74) is 0. The molecule has 0 amide bonds. The molecule has 1 heterocycles. The Bertz CT molecular complexity index is 1830. The minimum absolute atomic E-state index is 0.606. The molecule has 4 nitrogen and oxygen atoms in total. The predicted molar refractivity (Wildman–Crippen MR) is 259 cm³/mol. The first-order chi connectivity index (χ1) is 27.4. The molecule has 1 aliphatic heterocycles. The van der Waals surface area contributed by atoms with Crippen molar-refractivity contribution in [2.45, 2.75) is 25.7 Å². The standard InChI is InChI=1S/C48H52I2O4P2/c49-55(41-21-5-1-6-22-41,42-23-7-2-8-24-42)37-17-33-51-45-29-13-15-31-47(45)53-35-19-39-56(50,43-25-9-3-10-26-43,44-27-11-4-12-28-44)40-20-36-54-48-32-16-14-30-46(48)52-34-18-38-55/h1-16,21-32H,17-20,33-40H2. The van der Waals surface area contributed by atoms with Crippen LogP contribution in [-0.2, 0) is 0 Å². The normalized spacial score (nSPS) is 20.1. The van der Waals surface area contributed by atoms with Crippen LogP contribution in [0, 0.1) is 0 Å². The first-order valence-electron chi connectivity index (χ1n) is 19.8. The van der Waals surface area contributed by atoms with E-state index in [1.165, 1.54) is 21.2 Å². The van der Waals surface area contributed by atoms with Gasteiger partial charge in [0, 0.05) is 0 Å². The van der Waals surface area contributed by atoms with Crippen LogP contribution in [0.4, 0.5) is 0 Å². The summed E-state index contributed by atoms with van der Waals surface area (Å²) in [4.78, 5) is 0. The summed E-state index contributed by atoms with van der Waals surface area (Å²) < 4.78 is 21.0. The van der Waals surface area contributed by atoms with Gasteiger partial charge in [-0.05, 0) is 0 Å². The zero-order chi connectivity index (χ0) is 38.6. The van der Waals surface area contributed by atoms with Gasteiger partial charge in [0.15, 0.2) is 0 Å². The van der Waals surface area contributed by atoms with Crippen LogP contribution in [0.25, 0.3) is 0 Å². The zero-order valence-corrected chi connectivity index (χ0v) is 38.0.